The van der Waals surface area contributed by atoms with Crippen LogP contribution in [0.2, 0.25) is 0 Å². The van der Waals surface area contributed by atoms with Gasteiger partial charge in [0.2, 0.25) is 0 Å². The first-order valence-corrected chi connectivity index (χ1v) is 6.75. The van der Waals surface area contributed by atoms with E-state index in [-0.39, 0.29) is 0 Å². The molecular weight excluding hydrogens is 210 g/mol. The minimum absolute atomic E-state index is 0.414. The van der Waals surface area contributed by atoms with E-state index >= 15 is 0 Å². The van der Waals surface area contributed by atoms with Crippen molar-refractivity contribution in [1.82, 2.24) is 5.06 Å². The van der Waals surface area contributed by atoms with Gasteiger partial charge in [0.25, 0.3) is 0 Å². The summed E-state index contributed by atoms with van der Waals surface area (Å²) in [5.74, 6) is 0. The standard InChI is InChI=1S/C15H23NO/c1-3-4-6-11-14-12-15(16(2)17-14)13-9-7-5-8-10-13/h5,7-10,14-15H,3-4,6,11-12H2,1-2H3/t14-,15+/m1/s1. The van der Waals surface area contributed by atoms with Gasteiger partial charge in [0.1, 0.15) is 0 Å². The van der Waals surface area contributed by atoms with Gasteiger partial charge >= 0.3 is 0 Å². The van der Waals surface area contributed by atoms with E-state index in [0.29, 0.717) is 12.1 Å². The smallest absolute Gasteiger partial charge is 0.0812 e. The fraction of sp³-hybridized carbons (Fsp3) is 0.600. The van der Waals surface area contributed by atoms with Crippen molar-refractivity contribution < 1.29 is 4.84 Å². The molecule has 0 bridgehead atoms. The second-order valence-corrected chi connectivity index (χ2v) is 4.93. The molecule has 1 aromatic rings. The van der Waals surface area contributed by atoms with Crippen LogP contribution in [0, 0.1) is 0 Å². The van der Waals surface area contributed by atoms with Crippen LogP contribution in [0.1, 0.15) is 50.6 Å². The third-order valence-corrected chi connectivity index (χ3v) is 3.55. The van der Waals surface area contributed by atoms with Gasteiger partial charge in [0, 0.05) is 7.05 Å². The zero-order chi connectivity index (χ0) is 12.1. The normalized spacial score (nSPS) is 25.3. The number of hydrogen-bond donors (Lipinski definition) is 0. The molecule has 0 spiro atoms. The maximum Gasteiger partial charge on any atom is 0.0812 e. The average molecular weight is 233 g/mol. The SMILES string of the molecule is CCCCC[C@@H]1C[C@@H](c2ccccc2)N(C)O1. The first kappa shape index (κ1) is 12.6. The molecule has 0 aromatic heterocycles. The van der Waals surface area contributed by atoms with E-state index < -0.39 is 0 Å². The Morgan fingerprint density at radius 2 is 2.00 bits per heavy atom. The molecule has 1 fully saturated rings. The van der Waals surface area contributed by atoms with Gasteiger partial charge < -0.3 is 0 Å². The summed E-state index contributed by atoms with van der Waals surface area (Å²) < 4.78 is 0. The van der Waals surface area contributed by atoms with E-state index in [1.54, 1.807) is 0 Å². The van der Waals surface area contributed by atoms with Crippen LogP contribution in [-0.4, -0.2) is 18.2 Å². The van der Waals surface area contributed by atoms with Gasteiger partial charge in [-0.3, -0.25) is 4.84 Å². The molecule has 0 unspecified atom stereocenters. The lowest BCUT2D eigenvalue weighted by Gasteiger charge is -2.17. The number of nitrogens with zero attached hydrogens (tertiary/aromatic N) is 1. The van der Waals surface area contributed by atoms with Crippen LogP contribution in [0.15, 0.2) is 30.3 Å². The van der Waals surface area contributed by atoms with Gasteiger partial charge in [-0.1, -0.05) is 56.5 Å². The van der Waals surface area contributed by atoms with Gasteiger partial charge in [-0.15, -0.1) is 0 Å². The first-order chi connectivity index (χ1) is 8.31. The molecule has 0 N–H and O–H groups in total. The summed E-state index contributed by atoms with van der Waals surface area (Å²) in [6, 6.07) is 11.1. The van der Waals surface area contributed by atoms with Crippen LogP contribution in [0.5, 0.6) is 0 Å². The fourth-order valence-electron chi connectivity index (χ4n) is 2.56. The Hall–Kier alpha value is -0.860. The lowest BCUT2D eigenvalue weighted by molar-refractivity contribution is -0.145. The number of hydroxylamine groups is 2. The summed E-state index contributed by atoms with van der Waals surface area (Å²) in [7, 11) is 2.05. The number of hydrogen-bond acceptors (Lipinski definition) is 2. The molecule has 0 saturated carbocycles. The van der Waals surface area contributed by atoms with Crippen LogP contribution in [0.3, 0.4) is 0 Å². The molecular formula is C15H23NO. The van der Waals surface area contributed by atoms with Crippen molar-refractivity contribution in [1.29, 1.82) is 0 Å². The molecule has 1 aliphatic heterocycles. The highest BCUT2D eigenvalue weighted by atomic mass is 16.7. The molecule has 17 heavy (non-hydrogen) atoms. The summed E-state index contributed by atoms with van der Waals surface area (Å²) in [5, 5.41) is 2.03. The summed E-state index contributed by atoms with van der Waals surface area (Å²) in [4.78, 5) is 5.91. The highest BCUT2D eigenvalue weighted by Crippen LogP contribution is 2.34. The van der Waals surface area contributed by atoms with Gasteiger partial charge in [0.15, 0.2) is 0 Å². The lowest BCUT2D eigenvalue weighted by atomic mass is 9.99. The Bertz CT molecular complexity index is 325. The predicted octanol–water partition coefficient (Wildman–Crippen LogP) is 3.94. The van der Waals surface area contributed by atoms with Gasteiger partial charge in [-0.2, -0.15) is 5.06 Å². The van der Waals surface area contributed by atoms with Gasteiger partial charge in [0.05, 0.1) is 12.1 Å². The van der Waals surface area contributed by atoms with E-state index in [0.717, 1.165) is 6.42 Å². The molecule has 2 heteroatoms. The molecule has 0 aliphatic carbocycles. The van der Waals surface area contributed by atoms with E-state index in [4.69, 9.17) is 4.84 Å². The third kappa shape index (κ3) is 3.30. The molecule has 1 saturated heterocycles. The highest BCUT2D eigenvalue weighted by Gasteiger charge is 2.31. The molecule has 0 amide bonds. The van der Waals surface area contributed by atoms with Crippen molar-refractivity contribution in [2.75, 3.05) is 7.05 Å². The number of unbranched alkanes of at least 4 members (excludes halogenated alkanes) is 2. The van der Waals surface area contributed by atoms with Crippen LogP contribution in [0.25, 0.3) is 0 Å². The van der Waals surface area contributed by atoms with Crippen molar-refractivity contribution in [2.24, 2.45) is 0 Å². The Kier molecular flexibility index (Phi) is 4.57. The van der Waals surface area contributed by atoms with Crippen molar-refractivity contribution in [2.45, 2.75) is 51.2 Å². The maximum atomic E-state index is 5.91. The van der Waals surface area contributed by atoms with E-state index in [1.807, 2.05) is 5.06 Å². The monoisotopic (exact) mass is 233 g/mol. The van der Waals surface area contributed by atoms with Crippen LogP contribution in [-0.2, 0) is 4.84 Å². The van der Waals surface area contributed by atoms with Gasteiger partial charge in [-0.05, 0) is 18.4 Å². The van der Waals surface area contributed by atoms with Crippen molar-refractivity contribution in [3.8, 4) is 0 Å². The summed E-state index contributed by atoms with van der Waals surface area (Å²) in [6.45, 7) is 2.24. The van der Waals surface area contributed by atoms with Crippen LogP contribution < -0.4 is 0 Å². The van der Waals surface area contributed by atoms with Crippen molar-refractivity contribution in [3.63, 3.8) is 0 Å². The molecule has 1 aromatic carbocycles. The Morgan fingerprint density at radius 1 is 1.24 bits per heavy atom. The second kappa shape index (κ2) is 6.18. The Balaban J connectivity index is 1.89. The third-order valence-electron chi connectivity index (χ3n) is 3.55. The summed E-state index contributed by atoms with van der Waals surface area (Å²) in [6.07, 6.45) is 6.63. The number of benzene rings is 1. The molecule has 1 heterocycles. The Morgan fingerprint density at radius 3 is 2.71 bits per heavy atom. The summed E-state index contributed by atoms with van der Waals surface area (Å²) >= 11 is 0. The molecule has 2 rings (SSSR count). The molecule has 0 radical (unpaired) electrons. The maximum absolute atomic E-state index is 5.91. The van der Waals surface area contributed by atoms with E-state index in [2.05, 4.69) is 44.3 Å². The zero-order valence-corrected chi connectivity index (χ0v) is 10.9. The van der Waals surface area contributed by atoms with Crippen molar-refractivity contribution in [3.05, 3.63) is 35.9 Å². The predicted molar refractivity (Wildman–Crippen MR) is 70.6 cm³/mol. The lowest BCUT2D eigenvalue weighted by Crippen LogP contribution is -2.16. The minimum atomic E-state index is 0.414. The summed E-state index contributed by atoms with van der Waals surface area (Å²) in [5.41, 5.74) is 1.37. The minimum Gasteiger partial charge on any atom is -0.295 e. The molecule has 2 atom stereocenters. The van der Waals surface area contributed by atoms with E-state index in [9.17, 15) is 0 Å². The largest absolute Gasteiger partial charge is 0.295 e. The molecule has 94 valence electrons. The topological polar surface area (TPSA) is 12.5 Å². The molecule has 1 aliphatic rings. The highest BCUT2D eigenvalue weighted by molar-refractivity contribution is 5.19. The van der Waals surface area contributed by atoms with Crippen LogP contribution in [0.4, 0.5) is 0 Å². The zero-order valence-electron chi connectivity index (χ0n) is 10.9. The Labute approximate surface area is 105 Å². The molecule has 2 nitrogen and oxygen atoms in total. The average Bonchev–Trinajstić information content (AvgIpc) is 2.72. The fourth-order valence-corrected chi connectivity index (χ4v) is 2.56. The van der Waals surface area contributed by atoms with Crippen molar-refractivity contribution >= 4 is 0 Å². The second-order valence-electron chi connectivity index (χ2n) is 4.93. The van der Waals surface area contributed by atoms with Gasteiger partial charge in [-0.25, -0.2) is 0 Å². The van der Waals surface area contributed by atoms with E-state index in [1.165, 1.54) is 31.2 Å². The quantitative estimate of drug-likeness (QED) is 0.714. The first-order valence-electron chi connectivity index (χ1n) is 6.75. The van der Waals surface area contributed by atoms with Crippen LogP contribution >= 0.6 is 0 Å². The number of rotatable bonds is 5.